The van der Waals surface area contributed by atoms with E-state index < -0.39 is 4.92 Å². The molecule has 3 rings (SSSR count). The molecule has 25 heavy (non-hydrogen) atoms. The minimum atomic E-state index is -0.458. The van der Waals surface area contributed by atoms with Crippen molar-refractivity contribution in [2.45, 2.75) is 6.61 Å². The van der Waals surface area contributed by atoms with Gasteiger partial charge in [0, 0.05) is 12.1 Å². The second kappa shape index (κ2) is 7.40. The Kier molecular flexibility index (Phi) is 4.85. The minimum Gasteiger partial charge on any atom is -0.488 e. The van der Waals surface area contributed by atoms with E-state index in [1.54, 1.807) is 30.3 Å². The topological polar surface area (TPSA) is 69.4 Å². The summed E-state index contributed by atoms with van der Waals surface area (Å²) >= 11 is 0. The predicted molar refractivity (Wildman–Crippen MR) is 94.7 cm³/mol. The lowest BCUT2D eigenvalue weighted by Crippen LogP contribution is -2.00. The van der Waals surface area contributed by atoms with Crippen LogP contribution in [0, 0.1) is 10.1 Å². The fraction of sp³-hybridized carbons (Fsp3) is 0.0500. The molecular weight excluding hydrogens is 318 g/mol. The first-order valence-corrected chi connectivity index (χ1v) is 7.69. The molecular formula is C20H15NO4. The highest BCUT2D eigenvalue weighted by molar-refractivity contribution is 5.91. The molecule has 0 aliphatic rings. The fourth-order valence-electron chi connectivity index (χ4n) is 2.57. The molecule has 0 spiro atoms. The molecule has 0 saturated carbocycles. The van der Waals surface area contributed by atoms with Gasteiger partial charge in [-0.1, -0.05) is 54.6 Å². The van der Waals surface area contributed by atoms with E-state index in [0.717, 1.165) is 5.56 Å². The standard InChI is InChI=1S/C20H15NO4/c22-13-19-18(16-8-4-9-17(12-16)21(23)24)10-5-11-20(19)25-14-15-6-2-1-3-7-15/h1-13H,14H2. The van der Waals surface area contributed by atoms with E-state index >= 15 is 0 Å². The lowest BCUT2D eigenvalue weighted by Gasteiger charge is -2.12. The quantitative estimate of drug-likeness (QED) is 0.374. The smallest absolute Gasteiger partial charge is 0.270 e. The summed E-state index contributed by atoms with van der Waals surface area (Å²) in [5, 5.41) is 11.0. The minimum absolute atomic E-state index is 0.0232. The second-order valence-corrected chi connectivity index (χ2v) is 5.42. The maximum absolute atomic E-state index is 11.6. The summed E-state index contributed by atoms with van der Waals surface area (Å²) in [7, 11) is 0. The van der Waals surface area contributed by atoms with Crippen molar-refractivity contribution in [3.05, 3.63) is 94.0 Å². The third kappa shape index (κ3) is 3.72. The van der Waals surface area contributed by atoms with Crippen molar-refractivity contribution >= 4 is 12.0 Å². The number of hydrogen-bond acceptors (Lipinski definition) is 4. The third-order valence-electron chi connectivity index (χ3n) is 3.79. The number of rotatable bonds is 6. The molecule has 0 saturated heterocycles. The van der Waals surface area contributed by atoms with Crippen LogP contribution in [0.4, 0.5) is 5.69 Å². The molecule has 0 heterocycles. The molecule has 0 amide bonds. The SMILES string of the molecule is O=Cc1c(OCc2ccccc2)cccc1-c1cccc([N+](=O)[O-])c1. The number of carbonyl (C=O) groups is 1. The molecule has 0 aliphatic carbocycles. The number of nitro benzene ring substituents is 1. The Hall–Kier alpha value is -3.47. The van der Waals surface area contributed by atoms with Gasteiger partial charge in [-0.05, 0) is 22.8 Å². The fourth-order valence-corrected chi connectivity index (χ4v) is 2.57. The maximum atomic E-state index is 11.6. The van der Waals surface area contributed by atoms with Gasteiger partial charge in [-0.2, -0.15) is 0 Å². The van der Waals surface area contributed by atoms with Gasteiger partial charge in [0.05, 0.1) is 10.5 Å². The Bertz CT molecular complexity index is 907. The predicted octanol–water partition coefficient (Wildman–Crippen LogP) is 4.65. The average molecular weight is 333 g/mol. The van der Waals surface area contributed by atoms with Crippen LogP contribution in [-0.2, 0) is 6.61 Å². The highest BCUT2D eigenvalue weighted by atomic mass is 16.6. The highest BCUT2D eigenvalue weighted by Gasteiger charge is 2.13. The average Bonchev–Trinajstić information content (AvgIpc) is 2.66. The Morgan fingerprint density at radius 1 is 0.960 bits per heavy atom. The molecule has 0 aliphatic heterocycles. The van der Waals surface area contributed by atoms with Gasteiger partial charge >= 0.3 is 0 Å². The molecule has 0 radical (unpaired) electrons. The van der Waals surface area contributed by atoms with Gasteiger partial charge < -0.3 is 4.74 Å². The van der Waals surface area contributed by atoms with Crippen molar-refractivity contribution in [3.8, 4) is 16.9 Å². The van der Waals surface area contributed by atoms with E-state index in [1.807, 2.05) is 30.3 Å². The highest BCUT2D eigenvalue weighted by Crippen LogP contribution is 2.31. The summed E-state index contributed by atoms with van der Waals surface area (Å²) in [5.41, 5.74) is 2.54. The van der Waals surface area contributed by atoms with Gasteiger partial charge in [0.1, 0.15) is 12.4 Å². The second-order valence-electron chi connectivity index (χ2n) is 5.42. The van der Waals surface area contributed by atoms with Crippen LogP contribution in [0.3, 0.4) is 0 Å². The number of benzene rings is 3. The van der Waals surface area contributed by atoms with E-state index in [1.165, 1.54) is 12.1 Å². The molecule has 124 valence electrons. The van der Waals surface area contributed by atoms with Crippen LogP contribution in [0.15, 0.2) is 72.8 Å². The van der Waals surface area contributed by atoms with E-state index in [-0.39, 0.29) is 5.69 Å². The van der Waals surface area contributed by atoms with Crippen molar-refractivity contribution in [2.24, 2.45) is 0 Å². The molecule has 0 fully saturated rings. The Morgan fingerprint density at radius 3 is 2.44 bits per heavy atom. The van der Waals surface area contributed by atoms with Gasteiger partial charge in [0.25, 0.3) is 5.69 Å². The Balaban J connectivity index is 1.94. The number of nitrogens with zero attached hydrogens (tertiary/aromatic N) is 1. The van der Waals surface area contributed by atoms with Crippen LogP contribution in [0.5, 0.6) is 5.75 Å². The van der Waals surface area contributed by atoms with E-state index in [9.17, 15) is 14.9 Å². The monoisotopic (exact) mass is 333 g/mol. The van der Waals surface area contributed by atoms with Crippen molar-refractivity contribution in [1.29, 1.82) is 0 Å². The Labute approximate surface area is 144 Å². The molecule has 0 bridgehead atoms. The normalized spacial score (nSPS) is 10.2. The Morgan fingerprint density at radius 2 is 1.72 bits per heavy atom. The van der Waals surface area contributed by atoms with Gasteiger partial charge in [-0.15, -0.1) is 0 Å². The van der Waals surface area contributed by atoms with Crippen molar-refractivity contribution in [1.82, 2.24) is 0 Å². The van der Waals surface area contributed by atoms with E-state index in [2.05, 4.69) is 0 Å². The third-order valence-corrected chi connectivity index (χ3v) is 3.79. The largest absolute Gasteiger partial charge is 0.488 e. The lowest BCUT2D eigenvalue weighted by atomic mass is 9.99. The summed E-state index contributed by atoms with van der Waals surface area (Å²) in [4.78, 5) is 22.2. The number of aldehydes is 1. The summed E-state index contributed by atoms with van der Waals surface area (Å²) < 4.78 is 5.79. The first-order chi connectivity index (χ1) is 12.2. The van der Waals surface area contributed by atoms with E-state index in [4.69, 9.17) is 4.74 Å². The zero-order chi connectivity index (χ0) is 17.6. The van der Waals surface area contributed by atoms with Crippen molar-refractivity contribution < 1.29 is 14.5 Å². The summed E-state index contributed by atoms with van der Waals surface area (Å²) in [6, 6.07) is 21.0. The van der Waals surface area contributed by atoms with Crippen LogP contribution in [0.2, 0.25) is 0 Å². The number of ether oxygens (including phenoxy) is 1. The molecule has 0 N–H and O–H groups in total. The molecule has 0 unspecified atom stereocenters. The van der Waals surface area contributed by atoms with Crippen molar-refractivity contribution in [2.75, 3.05) is 0 Å². The molecule has 0 atom stereocenters. The summed E-state index contributed by atoms with van der Waals surface area (Å²) in [6.07, 6.45) is 0.717. The molecule has 5 nitrogen and oxygen atoms in total. The van der Waals surface area contributed by atoms with Gasteiger partial charge in [0.2, 0.25) is 0 Å². The summed E-state index contributed by atoms with van der Waals surface area (Å²) in [5.74, 6) is 0.447. The number of carbonyl (C=O) groups excluding carboxylic acids is 1. The number of non-ortho nitro benzene ring substituents is 1. The van der Waals surface area contributed by atoms with Crippen LogP contribution >= 0.6 is 0 Å². The van der Waals surface area contributed by atoms with Crippen LogP contribution in [-0.4, -0.2) is 11.2 Å². The van der Waals surface area contributed by atoms with Crippen LogP contribution in [0.25, 0.3) is 11.1 Å². The van der Waals surface area contributed by atoms with E-state index in [0.29, 0.717) is 35.3 Å². The van der Waals surface area contributed by atoms with Gasteiger partial charge in [0.15, 0.2) is 6.29 Å². The summed E-state index contributed by atoms with van der Waals surface area (Å²) in [6.45, 7) is 0.333. The van der Waals surface area contributed by atoms with Crippen LogP contribution < -0.4 is 4.74 Å². The zero-order valence-corrected chi connectivity index (χ0v) is 13.3. The zero-order valence-electron chi connectivity index (χ0n) is 13.3. The number of hydrogen-bond donors (Lipinski definition) is 0. The number of nitro groups is 1. The van der Waals surface area contributed by atoms with Gasteiger partial charge in [-0.3, -0.25) is 14.9 Å². The van der Waals surface area contributed by atoms with Crippen molar-refractivity contribution in [3.63, 3.8) is 0 Å². The molecule has 0 aromatic heterocycles. The lowest BCUT2D eigenvalue weighted by molar-refractivity contribution is -0.384. The first kappa shape index (κ1) is 16.4. The first-order valence-electron chi connectivity index (χ1n) is 7.69. The maximum Gasteiger partial charge on any atom is 0.270 e. The molecule has 3 aromatic rings. The molecule has 3 aromatic carbocycles. The molecule has 5 heteroatoms. The van der Waals surface area contributed by atoms with Crippen LogP contribution in [0.1, 0.15) is 15.9 Å². The van der Waals surface area contributed by atoms with Gasteiger partial charge in [-0.25, -0.2) is 0 Å².